The smallest absolute Gasteiger partial charge is 0.152 e. The molecule has 0 aromatic carbocycles. The number of pyridine rings is 1. The van der Waals surface area contributed by atoms with Gasteiger partial charge in [0.1, 0.15) is 11.3 Å². The fraction of sp³-hybridized carbons (Fsp3) is 0.364. The minimum absolute atomic E-state index is 0. The van der Waals surface area contributed by atoms with Crippen LogP contribution in [0.2, 0.25) is 0 Å². The molecule has 2 aromatic rings. The molecule has 1 aliphatic rings. The average molecular weight is 261 g/mol. The van der Waals surface area contributed by atoms with Gasteiger partial charge in [-0.1, -0.05) is 0 Å². The summed E-state index contributed by atoms with van der Waals surface area (Å²) in [6.07, 6.45) is 2.97. The van der Waals surface area contributed by atoms with Crippen molar-refractivity contribution in [1.82, 2.24) is 10.3 Å². The van der Waals surface area contributed by atoms with E-state index in [9.17, 15) is 0 Å². The van der Waals surface area contributed by atoms with Crippen molar-refractivity contribution in [2.45, 2.75) is 12.3 Å². The molecular formula is C11H14Cl2N2O. The van der Waals surface area contributed by atoms with Crippen LogP contribution in [0.3, 0.4) is 0 Å². The van der Waals surface area contributed by atoms with Gasteiger partial charge >= 0.3 is 0 Å². The van der Waals surface area contributed by atoms with E-state index in [1.165, 1.54) is 6.42 Å². The molecule has 1 fully saturated rings. The van der Waals surface area contributed by atoms with Crippen molar-refractivity contribution in [2.24, 2.45) is 0 Å². The average Bonchev–Trinajstić information content (AvgIpc) is 2.86. The van der Waals surface area contributed by atoms with Gasteiger partial charge in [-0.25, -0.2) is 0 Å². The maximum Gasteiger partial charge on any atom is 0.152 e. The Morgan fingerprint density at radius 3 is 2.94 bits per heavy atom. The number of rotatable bonds is 1. The summed E-state index contributed by atoms with van der Waals surface area (Å²) in [6.45, 7) is 2.12. The lowest BCUT2D eigenvalue weighted by molar-refractivity contribution is 0.505. The number of nitrogens with zero attached hydrogens (tertiary/aromatic N) is 1. The van der Waals surface area contributed by atoms with Crippen molar-refractivity contribution in [3.63, 3.8) is 0 Å². The molecule has 3 heterocycles. The maximum atomic E-state index is 5.75. The first-order valence-electron chi connectivity index (χ1n) is 4.99. The van der Waals surface area contributed by atoms with Crippen LogP contribution < -0.4 is 5.32 Å². The third-order valence-corrected chi connectivity index (χ3v) is 2.77. The zero-order chi connectivity index (χ0) is 9.38. The molecule has 3 rings (SSSR count). The first-order chi connectivity index (χ1) is 6.93. The lowest BCUT2D eigenvalue weighted by atomic mass is 10.1. The van der Waals surface area contributed by atoms with Crippen LogP contribution in [0.25, 0.3) is 11.1 Å². The number of furan rings is 1. The van der Waals surface area contributed by atoms with Crippen LogP contribution in [0.15, 0.2) is 28.8 Å². The molecular weight excluding hydrogens is 247 g/mol. The third kappa shape index (κ3) is 2.32. The van der Waals surface area contributed by atoms with Crippen LogP contribution in [0.1, 0.15) is 18.1 Å². The Labute approximate surface area is 106 Å². The summed E-state index contributed by atoms with van der Waals surface area (Å²) in [6, 6.07) is 5.93. The highest BCUT2D eigenvalue weighted by molar-refractivity contribution is 5.85. The second kappa shape index (κ2) is 5.53. The normalized spacial score (nSPS) is 19.1. The molecule has 88 valence electrons. The maximum absolute atomic E-state index is 5.75. The first-order valence-corrected chi connectivity index (χ1v) is 4.99. The highest BCUT2D eigenvalue weighted by Gasteiger charge is 2.20. The Morgan fingerprint density at radius 2 is 2.25 bits per heavy atom. The topological polar surface area (TPSA) is 38.1 Å². The Kier molecular flexibility index (Phi) is 4.59. The van der Waals surface area contributed by atoms with E-state index in [0.29, 0.717) is 5.92 Å². The van der Waals surface area contributed by atoms with Gasteiger partial charge in [-0.15, -0.1) is 24.8 Å². The summed E-state index contributed by atoms with van der Waals surface area (Å²) in [5.41, 5.74) is 1.86. The van der Waals surface area contributed by atoms with Gasteiger partial charge in [-0.3, -0.25) is 4.98 Å². The van der Waals surface area contributed by atoms with Crippen LogP contribution in [0.5, 0.6) is 0 Å². The molecule has 3 nitrogen and oxygen atoms in total. The highest BCUT2D eigenvalue weighted by atomic mass is 35.5. The molecule has 2 aromatic heterocycles. The van der Waals surface area contributed by atoms with Crippen LogP contribution in [-0.2, 0) is 0 Å². The van der Waals surface area contributed by atoms with Crippen LogP contribution in [0, 0.1) is 0 Å². The summed E-state index contributed by atoms with van der Waals surface area (Å²) in [4.78, 5) is 4.26. The molecule has 0 spiro atoms. The van der Waals surface area contributed by atoms with Crippen LogP contribution >= 0.6 is 24.8 Å². The number of halogens is 2. The Hall–Kier alpha value is -0.770. The van der Waals surface area contributed by atoms with Gasteiger partial charge < -0.3 is 9.73 Å². The van der Waals surface area contributed by atoms with Crippen molar-refractivity contribution >= 4 is 35.9 Å². The minimum Gasteiger partial charge on any atom is -0.459 e. The van der Waals surface area contributed by atoms with E-state index in [2.05, 4.69) is 16.4 Å². The largest absolute Gasteiger partial charge is 0.459 e. The summed E-state index contributed by atoms with van der Waals surface area (Å²) in [5, 5.41) is 3.33. The number of fused-ring (bicyclic) bond motifs is 1. The molecule has 1 atom stereocenters. The number of aromatic nitrogens is 1. The quantitative estimate of drug-likeness (QED) is 0.857. The molecule has 0 saturated carbocycles. The molecule has 1 saturated heterocycles. The van der Waals surface area contributed by atoms with Crippen molar-refractivity contribution < 1.29 is 4.42 Å². The standard InChI is InChI=1S/C11H12N2O.2ClH/c1-2-10-9(13-4-1)6-11(14-10)8-3-5-12-7-8;;/h1-2,4,6,8,12H,3,5,7H2;2*1H. The summed E-state index contributed by atoms with van der Waals surface area (Å²) >= 11 is 0. The molecule has 16 heavy (non-hydrogen) atoms. The van der Waals surface area contributed by atoms with Gasteiger partial charge in [-0.05, 0) is 25.1 Å². The van der Waals surface area contributed by atoms with Crippen molar-refractivity contribution in [3.05, 3.63) is 30.2 Å². The van der Waals surface area contributed by atoms with Gasteiger partial charge in [0.2, 0.25) is 0 Å². The van der Waals surface area contributed by atoms with Crippen LogP contribution in [0.4, 0.5) is 0 Å². The SMILES string of the molecule is Cl.Cl.c1cnc2cc(C3CCNC3)oc2c1. The monoisotopic (exact) mass is 260 g/mol. The third-order valence-electron chi connectivity index (χ3n) is 2.77. The first kappa shape index (κ1) is 13.3. The van der Waals surface area contributed by atoms with Gasteiger partial charge in [0.05, 0.1) is 0 Å². The number of hydrogen-bond donors (Lipinski definition) is 1. The molecule has 5 heteroatoms. The van der Waals surface area contributed by atoms with Crippen molar-refractivity contribution in [1.29, 1.82) is 0 Å². The van der Waals surface area contributed by atoms with E-state index in [1.54, 1.807) is 6.20 Å². The van der Waals surface area contributed by atoms with E-state index in [4.69, 9.17) is 4.42 Å². The van der Waals surface area contributed by atoms with E-state index < -0.39 is 0 Å². The lowest BCUT2D eigenvalue weighted by Crippen LogP contribution is -2.07. The fourth-order valence-electron chi connectivity index (χ4n) is 1.99. The lowest BCUT2D eigenvalue weighted by Gasteiger charge is -2.01. The zero-order valence-electron chi connectivity index (χ0n) is 8.68. The highest BCUT2D eigenvalue weighted by Crippen LogP contribution is 2.27. The molecule has 1 unspecified atom stereocenters. The summed E-state index contributed by atoms with van der Waals surface area (Å²) in [5.74, 6) is 1.60. The van der Waals surface area contributed by atoms with E-state index in [-0.39, 0.29) is 24.8 Å². The van der Waals surface area contributed by atoms with Crippen molar-refractivity contribution in [2.75, 3.05) is 13.1 Å². The molecule has 0 amide bonds. The Morgan fingerprint density at radius 1 is 1.38 bits per heavy atom. The predicted molar refractivity (Wildman–Crippen MR) is 68.7 cm³/mol. The summed E-state index contributed by atoms with van der Waals surface area (Å²) < 4.78 is 5.75. The van der Waals surface area contributed by atoms with E-state index in [1.807, 2.05) is 12.1 Å². The number of nitrogens with one attached hydrogen (secondary N) is 1. The van der Waals surface area contributed by atoms with Gasteiger partial charge in [0, 0.05) is 24.7 Å². The van der Waals surface area contributed by atoms with Gasteiger partial charge in [0.25, 0.3) is 0 Å². The van der Waals surface area contributed by atoms with E-state index >= 15 is 0 Å². The molecule has 1 N–H and O–H groups in total. The molecule has 0 aliphatic carbocycles. The second-order valence-electron chi connectivity index (χ2n) is 3.73. The summed E-state index contributed by atoms with van der Waals surface area (Å²) in [7, 11) is 0. The second-order valence-corrected chi connectivity index (χ2v) is 3.73. The van der Waals surface area contributed by atoms with Gasteiger partial charge in [-0.2, -0.15) is 0 Å². The van der Waals surface area contributed by atoms with Crippen molar-refractivity contribution in [3.8, 4) is 0 Å². The minimum atomic E-state index is 0. The van der Waals surface area contributed by atoms with E-state index in [0.717, 1.165) is 29.9 Å². The Balaban J connectivity index is 0.000000640. The van der Waals surface area contributed by atoms with Crippen LogP contribution in [-0.4, -0.2) is 18.1 Å². The fourth-order valence-corrected chi connectivity index (χ4v) is 1.99. The zero-order valence-corrected chi connectivity index (χ0v) is 10.3. The molecule has 0 radical (unpaired) electrons. The molecule has 0 bridgehead atoms. The molecule has 1 aliphatic heterocycles. The Bertz CT molecular complexity index is 419. The van der Waals surface area contributed by atoms with Gasteiger partial charge in [0.15, 0.2) is 5.58 Å². The predicted octanol–water partition coefficient (Wildman–Crippen LogP) is 2.75. The number of hydrogen-bond acceptors (Lipinski definition) is 3.